The number of rotatable bonds is 2. The van der Waals surface area contributed by atoms with Gasteiger partial charge < -0.3 is 5.73 Å². The third-order valence-corrected chi connectivity index (χ3v) is 4.11. The molecule has 0 saturated carbocycles. The molecule has 0 saturated heterocycles. The predicted octanol–water partition coefficient (Wildman–Crippen LogP) is 1.55. The number of anilines is 1. The van der Waals surface area contributed by atoms with Gasteiger partial charge in [-0.25, -0.2) is 4.68 Å². The molecule has 19 heavy (non-hydrogen) atoms. The summed E-state index contributed by atoms with van der Waals surface area (Å²) in [6.07, 6.45) is 0. The summed E-state index contributed by atoms with van der Waals surface area (Å²) < 4.78 is 2.03. The van der Waals surface area contributed by atoms with Gasteiger partial charge in [0, 0.05) is 21.3 Å². The molecule has 0 unspecified atom stereocenters. The Kier molecular flexibility index (Phi) is 3.61. The Bertz CT molecular complexity index is 747. The summed E-state index contributed by atoms with van der Waals surface area (Å²) in [5.41, 5.74) is 7.68. The van der Waals surface area contributed by atoms with Crippen LogP contribution in [0.3, 0.4) is 0 Å². The smallest absolute Gasteiger partial charge is 0.268 e. The van der Waals surface area contributed by atoms with Gasteiger partial charge >= 0.3 is 0 Å². The van der Waals surface area contributed by atoms with Gasteiger partial charge in [-0.3, -0.25) is 14.7 Å². The Morgan fingerprint density at radius 2 is 1.95 bits per heavy atom. The van der Waals surface area contributed by atoms with E-state index < -0.39 is 0 Å². The molecule has 1 aromatic heterocycles. The standard InChI is InChI=1S/C13H14BrN3O2/c1-7-8(2)13(19)17(16-12(7)18)6-9-4-3-5-10(15)11(9)14/h3-5H,6,15H2,1-2H3,(H,16,18). The number of nitrogen functional groups attached to an aromatic ring is 1. The van der Waals surface area contributed by atoms with Gasteiger partial charge in [-0.15, -0.1) is 0 Å². The monoisotopic (exact) mass is 323 g/mol. The van der Waals surface area contributed by atoms with Crippen LogP contribution >= 0.6 is 15.9 Å². The number of nitrogens with two attached hydrogens (primary N) is 1. The quantitative estimate of drug-likeness (QED) is 0.823. The minimum absolute atomic E-state index is 0.202. The molecule has 0 radical (unpaired) electrons. The Labute approximate surface area is 118 Å². The van der Waals surface area contributed by atoms with Crippen LogP contribution in [0.1, 0.15) is 16.7 Å². The Balaban J connectivity index is 2.54. The molecule has 0 aliphatic carbocycles. The molecule has 1 heterocycles. The van der Waals surface area contributed by atoms with Gasteiger partial charge in [0.1, 0.15) is 0 Å². The van der Waals surface area contributed by atoms with Crippen molar-refractivity contribution in [1.29, 1.82) is 0 Å². The Hall–Kier alpha value is -1.82. The van der Waals surface area contributed by atoms with E-state index in [4.69, 9.17) is 5.73 Å². The predicted molar refractivity (Wildman–Crippen MR) is 78.5 cm³/mol. The maximum atomic E-state index is 12.1. The van der Waals surface area contributed by atoms with Crippen molar-refractivity contribution >= 4 is 21.6 Å². The van der Waals surface area contributed by atoms with E-state index in [1.165, 1.54) is 4.68 Å². The van der Waals surface area contributed by atoms with E-state index in [0.717, 1.165) is 10.0 Å². The van der Waals surface area contributed by atoms with Crippen LogP contribution in [0.5, 0.6) is 0 Å². The molecular formula is C13H14BrN3O2. The topological polar surface area (TPSA) is 80.9 Å². The summed E-state index contributed by atoms with van der Waals surface area (Å²) in [5, 5.41) is 2.57. The fraction of sp³-hybridized carbons (Fsp3) is 0.231. The van der Waals surface area contributed by atoms with Crippen molar-refractivity contribution < 1.29 is 0 Å². The highest BCUT2D eigenvalue weighted by Gasteiger charge is 2.09. The lowest BCUT2D eigenvalue weighted by atomic mass is 10.2. The van der Waals surface area contributed by atoms with Gasteiger partial charge in [0.2, 0.25) is 0 Å². The zero-order chi connectivity index (χ0) is 14.2. The number of hydrogen-bond donors (Lipinski definition) is 2. The number of aromatic amines is 1. The van der Waals surface area contributed by atoms with Crippen LogP contribution in [-0.2, 0) is 6.54 Å². The average Bonchev–Trinajstić information content (AvgIpc) is 2.38. The second-order valence-corrected chi connectivity index (χ2v) is 5.20. The van der Waals surface area contributed by atoms with Gasteiger partial charge in [-0.2, -0.15) is 0 Å². The second kappa shape index (κ2) is 5.05. The summed E-state index contributed by atoms with van der Waals surface area (Å²) in [5.74, 6) is 0. The van der Waals surface area contributed by atoms with Crippen molar-refractivity contribution in [2.75, 3.05) is 5.73 Å². The molecule has 0 fully saturated rings. The lowest BCUT2D eigenvalue weighted by molar-refractivity contribution is 0.617. The fourth-order valence-corrected chi connectivity index (χ4v) is 2.18. The first-order chi connectivity index (χ1) is 8.91. The van der Waals surface area contributed by atoms with Crippen LogP contribution in [0.25, 0.3) is 0 Å². The molecular weight excluding hydrogens is 310 g/mol. The highest BCUT2D eigenvalue weighted by molar-refractivity contribution is 9.10. The van der Waals surface area contributed by atoms with Crippen molar-refractivity contribution in [3.05, 3.63) is 60.1 Å². The highest BCUT2D eigenvalue weighted by atomic mass is 79.9. The number of H-pyrrole nitrogens is 1. The van der Waals surface area contributed by atoms with Crippen LogP contribution < -0.4 is 16.9 Å². The lowest BCUT2D eigenvalue weighted by Gasteiger charge is -2.10. The average molecular weight is 324 g/mol. The molecule has 0 spiro atoms. The molecule has 0 amide bonds. The summed E-state index contributed by atoms with van der Waals surface area (Å²) in [6, 6.07) is 5.42. The van der Waals surface area contributed by atoms with Gasteiger partial charge in [0.05, 0.1) is 6.54 Å². The van der Waals surface area contributed by atoms with Crippen molar-refractivity contribution in [3.63, 3.8) is 0 Å². The first kappa shape index (κ1) is 13.6. The van der Waals surface area contributed by atoms with Gasteiger partial charge in [-0.05, 0) is 41.4 Å². The van der Waals surface area contributed by atoms with Crippen LogP contribution in [0, 0.1) is 13.8 Å². The first-order valence-electron chi connectivity index (χ1n) is 5.75. The Morgan fingerprint density at radius 1 is 1.26 bits per heavy atom. The number of halogens is 1. The third-order valence-electron chi connectivity index (χ3n) is 3.14. The van der Waals surface area contributed by atoms with E-state index in [9.17, 15) is 9.59 Å². The highest BCUT2D eigenvalue weighted by Crippen LogP contribution is 2.23. The van der Waals surface area contributed by atoms with Crippen molar-refractivity contribution in [2.24, 2.45) is 0 Å². The molecule has 0 bridgehead atoms. The van der Waals surface area contributed by atoms with E-state index in [0.29, 0.717) is 16.8 Å². The number of hydrogen-bond acceptors (Lipinski definition) is 3. The van der Waals surface area contributed by atoms with Crippen molar-refractivity contribution in [2.45, 2.75) is 20.4 Å². The molecule has 2 aromatic rings. The molecule has 0 aliphatic rings. The van der Waals surface area contributed by atoms with Gasteiger partial charge in [-0.1, -0.05) is 12.1 Å². The molecule has 5 nitrogen and oxygen atoms in total. The maximum absolute atomic E-state index is 12.1. The zero-order valence-corrected chi connectivity index (χ0v) is 12.2. The molecule has 6 heteroatoms. The van der Waals surface area contributed by atoms with E-state index in [2.05, 4.69) is 21.0 Å². The normalized spacial score (nSPS) is 10.7. The molecule has 3 N–H and O–H groups in total. The van der Waals surface area contributed by atoms with Crippen molar-refractivity contribution in [1.82, 2.24) is 9.78 Å². The number of nitrogens with one attached hydrogen (secondary N) is 1. The van der Waals surface area contributed by atoms with Crippen molar-refractivity contribution in [3.8, 4) is 0 Å². The van der Waals surface area contributed by atoms with Crippen LogP contribution in [0.4, 0.5) is 5.69 Å². The Morgan fingerprint density at radius 3 is 2.63 bits per heavy atom. The SMILES string of the molecule is Cc1c(C)c(=O)n(Cc2cccc(N)c2Br)[nH]c1=O. The van der Waals surface area contributed by atoms with Crippen LogP contribution in [-0.4, -0.2) is 9.78 Å². The van der Waals surface area contributed by atoms with E-state index in [1.807, 2.05) is 6.07 Å². The van der Waals surface area contributed by atoms with E-state index in [-0.39, 0.29) is 17.7 Å². The minimum atomic E-state index is -0.253. The van der Waals surface area contributed by atoms with Gasteiger partial charge in [0.25, 0.3) is 11.1 Å². The molecule has 0 aliphatic heterocycles. The summed E-state index contributed by atoms with van der Waals surface area (Å²) in [7, 11) is 0. The molecule has 100 valence electrons. The lowest BCUT2D eigenvalue weighted by Crippen LogP contribution is -2.33. The zero-order valence-electron chi connectivity index (χ0n) is 10.7. The fourth-order valence-electron chi connectivity index (χ4n) is 1.79. The molecule has 0 atom stereocenters. The molecule has 2 rings (SSSR count). The molecule has 1 aromatic carbocycles. The number of nitrogens with zero attached hydrogens (tertiary/aromatic N) is 1. The third kappa shape index (κ3) is 2.49. The van der Waals surface area contributed by atoms with E-state index in [1.54, 1.807) is 26.0 Å². The van der Waals surface area contributed by atoms with Gasteiger partial charge in [0.15, 0.2) is 0 Å². The minimum Gasteiger partial charge on any atom is -0.398 e. The summed E-state index contributed by atoms with van der Waals surface area (Å²) >= 11 is 3.38. The number of benzene rings is 1. The number of aromatic nitrogens is 2. The van der Waals surface area contributed by atoms with Crippen LogP contribution in [0.15, 0.2) is 32.3 Å². The second-order valence-electron chi connectivity index (χ2n) is 4.40. The summed E-state index contributed by atoms with van der Waals surface area (Å²) in [6.45, 7) is 3.55. The first-order valence-corrected chi connectivity index (χ1v) is 6.54. The van der Waals surface area contributed by atoms with E-state index >= 15 is 0 Å². The maximum Gasteiger partial charge on any atom is 0.268 e. The van der Waals surface area contributed by atoms with Crippen LogP contribution in [0.2, 0.25) is 0 Å². The summed E-state index contributed by atoms with van der Waals surface area (Å²) in [4.78, 5) is 23.8. The largest absolute Gasteiger partial charge is 0.398 e.